The Bertz CT molecular complexity index is 1370. The molecule has 30 heavy (non-hydrogen) atoms. The summed E-state index contributed by atoms with van der Waals surface area (Å²) in [5, 5.41) is 10.2. The fraction of sp³-hybridized carbons (Fsp3) is 0.0833. The van der Waals surface area contributed by atoms with Crippen LogP contribution in [0.15, 0.2) is 83.0 Å². The van der Waals surface area contributed by atoms with Crippen molar-refractivity contribution in [2.45, 2.75) is 6.42 Å². The smallest absolute Gasteiger partial charge is 0.269 e. The summed E-state index contributed by atoms with van der Waals surface area (Å²) in [6.45, 7) is 0. The van der Waals surface area contributed by atoms with Gasteiger partial charge in [0.15, 0.2) is 0 Å². The number of benzene rings is 3. The number of carbonyl (C=O) groups excluding carboxylic acids is 1. The number of fused-ring (bicyclic) bond motifs is 4. The zero-order valence-corrected chi connectivity index (χ0v) is 16.3. The molecule has 1 aliphatic carbocycles. The van der Waals surface area contributed by atoms with E-state index < -0.39 is 0 Å². The van der Waals surface area contributed by atoms with Crippen LogP contribution in [0.25, 0.3) is 33.2 Å². The Morgan fingerprint density at radius 1 is 0.967 bits per heavy atom. The van der Waals surface area contributed by atoms with Crippen molar-refractivity contribution in [3.8, 4) is 17.1 Å². The monoisotopic (exact) mass is 394 g/mol. The molecule has 2 aliphatic rings. The second-order valence-corrected chi connectivity index (χ2v) is 6.99. The number of methoxy groups -OCH3 is 1. The third-order valence-electron chi connectivity index (χ3n) is 5.08. The Kier molecular flexibility index (Phi) is 4.44. The van der Waals surface area contributed by atoms with Crippen molar-refractivity contribution in [1.29, 1.82) is 0 Å². The summed E-state index contributed by atoms with van der Waals surface area (Å²) in [5.41, 5.74) is 4.86. The molecule has 1 heterocycles. The fourth-order valence-electron chi connectivity index (χ4n) is 3.61. The zero-order chi connectivity index (χ0) is 20.5. The van der Waals surface area contributed by atoms with Crippen molar-refractivity contribution in [3.63, 3.8) is 0 Å². The lowest BCUT2D eigenvalue weighted by Crippen LogP contribution is -1.98. The molecule has 0 aromatic heterocycles. The number of hydrogen-bond acceptors (Lipinski definition) is 4. The number of aromatic amines is 1. The maximum atomic E-state index is 12.4. The number of nitrogens with one attached hydrogen (secondary N) is 1. The molecule has 3 aromatic carbocycles. The van der Waals surface area contributed by atoms with Crippen LogP contribution in [0.1, 0.15) is 5.56 Å². The average Bonchev–Trinajstić information content (AvgIpc) is 3.09. The fourth-order valence-corrected chi connectivity index (χ4v) is 3.61. The molecule has 6 heteroatoms. The van der Waals surface area contributed by atoms with Gasteiger partial charge in [-0.25, -0.2) is 4.98 Å². The highest BCUT2D eigenvalue weighted by molar-refractivity contribution is 6.11. The van der Waals surface area contributed by atoms with E-state index in [1.165, 1.54) is 0 Å². The highest BCUT2D eigenvalue weighted by atomic mass is 16.5. The molecule has 0 saturated carbocycles. The van der Waals surface area contributed by atoms with Crippen LogP contribution in [0.2, 0.25) is 0 Å². The Morgan fingerprint density at radius 2 is 1.70 bits per heavy atom. The highest BCUT2D eigenvalue weighted by Gasteiger charge is 2.20. The molecule has 0 atom stereocenters. The van der Waals surface area contributed by atoms with E-state index >= 15 is 0 Å². The zero-order valence-electron chi connectivity index (χ0n) is 16.3. The summed E-state index contributed by atoms with van der Waals surface area (Å²) in [7, 11) is 1.61. The van der Waals surface area contributed by atoms with Gasteiger partial charge < -0.3 is 9.72 Å². The number of aromatic nitrogens is 2. The summed E-state index contributed by atoms with van der Waals surface area (Å²) in [6.07, 6.45) is 0.176. The van der Waals surface area contributed by atoms with E-state index in [-0.39, 0.29) is 12.3 Å². The Balaban J connectivity index is 1.53. The standard InChI is InChI=1S/C24H18N4O2/c1-30-16-12-10-15(11-13-16)14-21(29)27-28-23-18-7-3-2-6-17(18)22-24(23)26-20-9-5-4-8-19(20)25-22/h2-13,26H,14H2,1H3. The summed E-state index contributed by atoms with van der Waals surface area (Å²) >= 11 is 0. The highest BCUT2D eigenvalue weighted by Crippen LogP contribution is 2.43. The Morgan fingerprint density at radius 3 is 2.50 bits per heavy atom. The Hall–Kier alpha value is -4.06. The van der Waals surface area contributed by atoms with Gasteiger partial charge in [-0.1, -0.05) is 48.5 Å². The summed E-state index contributed by atoms with van der Waals surface area (Å²) in [6, 6.07) is 23.1. The van der Waals surface area contributed by atoms with E-state index in [2.05, 4.69) is 15.2 Å². The predicted octanol–water partition coefficient (Wildman–Crippen LogP) is 5.68. The first kappa shape index (κ1) is 18.0. The van der Waals surface area contributed by atoms with Gasteiger partial charge in [-0.05, 0) is 29.8 Å². The normalized spacial score (nSPS) is 11.6. The summed E-state index contributed by atoms with van der Waals surface area (Å²) < 4.78 is 5.15. The molecule has 1 aliphatic heterocycles. The van der Waals surface area contributed by atoms with Crippen LogP contribution in [-0.4, -0.2) is 23.0 Å². The van der Waals surface area contributed by atoms with Crippen LogP contribution < -0.4 is 4.74 Å². The third-order valence-corrected chi connectivity index (χ3v) is 5.08. The maximum Gasteiger partial charge on any atom is 0.269 e. The van der Waals surface area contributed by atoms with Gasteiger partial charge in [0, 0.05) is 10.8 Å². The molecule has 0 unspecified atom stereocenters. The van der Waals surface area contributed by atoms with Crippen LogP contribution in [-0.2, 0) is 11.2 Å². The molecule has 1 amide bonds. The van der Waals surface area contributed by atoms with Crippen LogP contribution in [0.4, 0.5) is 5.69 Å². The minimum absolute atomic E-state index is 0.176. The molecule has 0 spiro atoms. The van der Waals surface area contributed by atoms with E-state index in [0.29, 0.717) is 5.69 Å². The maximum absolute atomic E-state index is 12.4. The minimum atomic E-state index is -0.313. The molecular formula is C24H18N4O2. The van der Waals surface area contributed by atoms with Crippen LogP contribution in [0.3, 0.4) is 0 Å². The van der Waals surface area contributed by atoms with E-state index in [1.54, 1.807) is 7.11 Å². The lowest BCUT2D eigenvalue weighted by molar-refractivity contribution is -0.117. The van der Waals surface area contributed by atoms with Crippen molar-refractivity contribution in [1.82, 2.24) is 9.97 Å². The molecule has 0 saturated heterocycles. The lowest BCUT2D eigenvalue weighted by atomic mass is 10.1. The van der Waals surface area contributed by atoms with Crippen molar-refractivity contribution >= 4 is 33.4 Å². The number of carbonyl (C=O) groups is 1. The predicted molar refractivity (Wildman–Crippen MR) is 116 cm³/mol. The SMILES string of the molecule is COc1ccc(CC(=O)N=Nc2c3[nH]c4ccccc4nc-3c3ccccc23)cc1. The van der Waals surface area contributed by atoms with Gasteiger partial charge in [0.1, 0.15) is 11.4 Å². The number of nitrogens with zero attached hydrogens (tertiary/aromatic N) is 3. The van der Waals surface area contributed by atoms with Gasteiger partial charge in [0.2, 0.25) is 0 Å². The molecule has 146 valence electrons. The molecule has 5 rings (SSSR count). The number of hydrogen-bond donors (Lipinski definition) is 1. The molecule has 6 nitrogen and oxygen atoms in total. The number of para-hydroxylation sites is 2. The van der Waals surface area contributed by atoms with Gasteiger partial charge in [0.25, 0.3) is 5.91 Å². The second kappa shape index (κ2) is 7.40. The van der Waals surface area contributed by atoms with Gasteiger partial charge in [-0.3, -0.25) is 4.79 Å². The average molecular weight is 394 g/mol. The molecule has 0 radical (unpaired) electrons. The molecule has 3 aromatic rings. The Labute approximate surface area is 172 Å². The number of H-pyrrole nitrogens is 1. The first-order chi connectivity index (χ1) is 14.7. The lowest BCUT2D eigenvalue weighted by Gasteiger charge is -2.04. The number of rotatable bonds is 4. The molecule has 1 N–H and O–H groups in total. The molecule has 0 bridgehead atoms. The van der Waals surface area contributed by atoms with Gasteiger partial charge in [-0.2, -0.15) is 0 Å². The number of azo groups is 1. The number of ether oxygens (including phenoxy) is 1. The second-order valence-electron chi connectivity index (χ2n) is 6.99. The largest absolute Gasteiger partial charge is 0.497 e. The van der Waals surface area contributed by atoms with Crippen molar-refractivity contribution < 1.29 is 9.53 Å². The van der Waals surface area contributed by atoms with Crippen molar-refractivity contribution in [3.05, 3.63) is 78.4 Å². The first-order valence-corrected chi connectivity index (χ1v) is 9.59. The van der Waals surface area contributed by atoms with Crippen LogP contribution >= 0.6 is 0 Å². The first-order valence-electron chi connectivity index (χ1n) is 9.59. The van der Waals surface area contributed by atoms with Crippen molar-refractivity contribution in [2.24, 2.45) is 10.2 Å². The van der Waals surface area contributed by atoms with Gasteiger partial charge >= 0.3 is 0 Å². The quantitative estimate of drug-likeness (QED) is 0.398. The van der Waals surface area contributed by atoms with Gasteiger partial charge in [0.05, 0.1) is 36.0 Å². The van der Waals surface area contributed by atoms with Crippen LogP contribution in [0, 0.1) is 0 Å². The van der Waals surface area contributed by atoms with Gasteiger partial charge in [-0.15, -0.1) is 10.2 Å². The molecule has 0 fully saturated rings. The van der Waals surface area contributed by atoms with E-state index in [1.807, 2.05) is 72.8 Å². The van der Waals surface area contributed by atoms with Crippen molar-refractivity contribution in [2.75, 3.05) is 7.11 Å². The topological polar surface area (TPSA) is 79.7 Å². The van der Waals surface area contributed by atoms with E-state index in [0.717, 1.165) is 44.5 Å². The van der Waals surface area contributed by atoms with Crippen LogP contribution in [0.5, 0.6) is 5.75 Å². The molecular weight excluding hydrogens is 376 g/mol. The number of amides is 1. The minimum Gasteiger partial charge on any atom is -0.497 e. The van der Waals surface area contributed by atoms with E-state index in [4.69, 9.17) is 9.72 Å². The summed E-state index contributed by atoms with van der Waals surface area (Å²) in [4.78, 5) is 20.6. The van der Waals surface area contributed by atoms with E-state index in [9.17, 15) is 4.79 Å². The third kappa shape index (κ3) is 3.18. The summed E-state index contributed by atoms with van der Waals surface area (Å²) in [5.74, 6) is 0.435.